The number of amides is 1. The highest BCUT2D eigenvalue weighted by Crippen LogP contribution is 2.29. The van der Waals surface area contributed by atoms with Crippen LogP contribution in [0, 0.1) is 13.8 Å². The van der Waals surface area contributed by atoms with Crippen LogP contribution in [0.4, 0.5) is 5.69 Å². The van der Waals surface area contributed by atoms with Crippen LogP contribution < -0.4 is 11.1 Å². The lowest BCUT2D eigenvalue weighted by Crippen LogP contribution is -2.12. The number of carbonyl (C=O) groups is 1. The number of furan rings is 1. The number of carbonyl (C=O) groups excluding carboxylic acids is 1. The lowest BCUT2D eigenvalue weighted by atomic mass is 10.1. The standard InChI is InChI=1S/C15H17ClN2O2/c1-8-6-12(10(3)20-8)9(2)18-14-7-11(15(17)19)4-5-13(14)16/h4-7,9,18H,1-3H3,(H2,17,19). The fraction of sp³-hybridized carbons (Fsp3) is 0.267. The monoisotopic (exact) mass is 292 g/mol. The van der Waals surface area contributed by atoms with Crippen LogP contribution in [0.1, 0.15) is 40.4 Å². The van der Waals surface area contributed by atoms with Crippen molar-refractivity contribution in [1.82, 2.24) is 0 Å². The third-order valence-electron chi connectivity index (χ3n) is 3.17. The highest BCUT2D eigenvalue weighted by molar-refractivity contribution is 6.33. The van der Waals surface area contributed by atoms with Gasteiger partial charge < -0.3 is 15.5 Å². The number of benzene rings is 1. The van der Waals surface area contributed by atoms with E-state index in [9.17, 15) is 4.79 Å². The molecule has 0 saturated carbocycles. The van der Waals surface area contributed by atoms with Gasteiger partial charge in [0, 0.05) is 11.1 Å². The normalized spacial score (nSPS) is 12.2. The van der Waals surface area contributed by atoms with E-state index in [1.165, 1.54) is 0 Å². The van der Waals surface area contributed by atoms with E-state index in [1.807, 2.05) is 26.8 Å². The van der Waals surface area contributed by atoms with Crippen molar-refractivity contribution in [3.05, 3.63) is 51.9 Å². The van der Waals surface area contributed by atoms with Gasteiger partial charge >= 0.3 is 0 Å². The van der Waals surface area contributed by atoms with E-state index in [0.717, 1.165) is 17.1 Å². The van der Waals surface area contributed by atoms with Crippen LogP contribution >= 0.6 is 11.6 Å². The molecule has 1 heterocycles. The Labute approximate surface area is 122 Å². The highest BCUT2D eigenvalue weighted by Gasteiger charge is 2.14. The fourth-order valence-electron chi connectivity index (χ4n) is 2.18. The molecule has 0 spiro atoms. The predicted octanol–water partition coefficient (Wildman–Crippen LogP) is 3.82. The Bertz CT molecular complexity index is 649. The van der Waals surface area contributed by atoms with E-state index in [0.29, 0.717) is 16.3 Å². The number of rotatable bonds is 4. The zero-order valence-electron chi connectivity index (χ0n) is 11.7. The molecule has 1 aromatic heterocycles. The molecular formula is C15H17ClN2O2. The van der Waals surface area contributed by atoms with E-state index in [2.05, 4.69) is 5.32 Å². The Hall–Kier alpha value is -1.94. The number of nitrogens with one attached hydrogen (secondary N) is 1. The second kappa shape index (κ2) is 5.59. The van der Waals surface area contributed by atoms with Crippen molar-refractivity contribution < 1.29 is 9.21 Å². The summed E-state index contributed by atoms with van der Waals surface area (Å²) in [6.07, 6.45) is 0. The Balaban J connectivity index is 2.27. The predicted molar refractivity (Wildman–Crippen MR) is 80.2 cm³/mol. The van der Waals surface area contributed by atoms with Crippen LogP contribution in [-0.2, 0) is 0 Å². The highest BCUT2D eigenvalue weighted by atomic mass is 35.5. The molecule has 0 aliphatic carbocycles. The van der Waals surface area contributed by atoms with Gasteiger partial charge in [0.25, 0.3) is 0 Å². The van der Waals surface area contributed by atoms with E-state index in [4.69, 9.17) is 21.8 Å². The van der Waals surface area contributed by atoms with Gasteiger partial charge in [-0.1, -0.05) is 11.6 Å². The average molecular weight is 293 g/mol. The van der Waals surface area contributed by atoms with Gasteiger partial charge in [0.2, 0.25) is 5.91 Å². The number of hydrogen-bond acceptors (Lipinski definition) is 3. The van der Waals surface area contributed by atoms with Crippen LogP contribution in [0.15, 0.2) is 28.7 Å². The summed E-state index contributed by atoms with van der Waals surface area (Å²) in [6, 6.07) is 6.91. The minimum atomic E-state index is -0.479. The van der Waals surface area contributed by atoms with Crippen molar-refractivity contribution in [2.24, 2.45) is 5.73 Å². The number of nitrogens with two attached hydrogens (primary N) is 1. The molecule has 4 nitrogen and oxygen atoms in total. The summed E-state index contributed by atoms with van der Waals surface area (Å²) in [7, 11) is 0. The number of hydrogen-bond donors (Lipinski definition) is 2. The summed E-state index contributed by atoms with van der Waals surface area (Å²) in [4.78, 5) is 11.2. The molecule has 0 fully saturated rings. The Kier molecular flexibility index (Phi) is 4.04. The zero-order chi connectivity index (χ0) is 14.9. The van der Waals surface area contributed by atoms with Gasteiger partial charge in [0.15, 0.2) is 0 Å². The maximum Gasteiger partial charge on any atom is 0.248 e. The first-order chi connectivity index (χ1) is 9.38. The maximum atomic E-state index is 11.2. The average Bonchev–Trinajstić information content (AvgIpc) is 2.71. The first kappa shape index (κ1) is 14.5. The molecule has 0 bridgehead atoms. The Morgan fingerprint density at radius 2 is 2.05 bits per heavy atom. The second-order valence-corrected chi connectivity index (χ2v) is 5.20. The largest absolute Gasteiger partial charge is 0.466 e. The van der Waals surface area contributed by atoms with Crippen LogP contribution in [-0.4, -0.2) is 5.91 Å². The van der Waals surface area contributed by atoms with Gasteiger partial charge in [-0.3, -0.25) is 4.79 Å². The van der Waals surface area contributed by atoms with Gasteiger partial charge in [0.05, 0.1) is 16.8 Å². The van der Waals surface area contributed by atoms with Crippen LogP contribution in [0.5, 0.6) is 0 Å². The Morgan fingerprint density at radius 3 is 2.60 bits per heavy atom. The molecule has 0 aliphatic rings. The van der Waals surface area contributed by atoms with Crippen LogP contribution in [0.2, 0.25) is 5.02 Å². The van der Waals surface area contributed by atoms with Crippen LogP contribution in [0.25, 0.3) is 0 Å². The van der Waals surface area contributed by atoms with Crippen molar-refractivity contribution >= 4 is 23.2 Å². The first-order valence-corrected chi connectivity index (χ1v) is 6.69. The summed E-state index contributed by atoms with van der Waals surface area (Å²) in [5.41, 5.74) is 7.43. The molecular weight excluding hydrogens is 276 g/mol. The second-order valence-electron chi connectivity index (χ2n) is 4.79. The summed E-state index contributed by atoms with van der Waals surface area (Å²) in [5, 5.41) is 3.82. The smallest absolute Gasteiger partial charge is 0.248 e. The van der Waals surface area contributed by atoms with Gasteiger partial charge in [-0.05, 0) is 45.0 Å². The Morgan fingerprint density at radius 1 is 1.35 bits per heavy atom. The summed E-state index contributed by atoms with van der Waals surface area (Å²) in [6.45, 7) is 5.83. The van der Waals surface area contributed by atoms with Crippen molar-refractivity contribution in [2.45, 2.75) is 26.8 Å². The summed E-state index contributed by atoms with van der Waals surface area (Å²) in [5.74, 6) is 1.25. The minimum absolute atomic E-state index is 0.00748. The van der Waals surface area contributed by atoms with Crippen molar-refractivity contribution in [3.63, 3.8) is 0 Å². The first-order valence-electron chi connectivity index (χ1n) is 6.31. The third kappa shape index (κ3) is 2.96. The number of halogens is 1. The summed E-state index contributed by atoms with van der Waals surface area (Å²) < 4.78 is 5.52. The van der Waals surface area contributed by atoms with E-state index >= 15 is 0 Å². The quantitative estimate of drug-likeness (QED) is 0.900. The number of anilines is 1. The zero-order valence-corrected chi connectivity index (χ0v) is 12.4. The molecule has 1 aromatic carbocycles. The molecule has 0 aliphatic heterocycles. The molecule has 1 atom stereocenters. The molecule has 0 radical (unpaired) electrons. The van der Waals surface area contributed by atoms with E-state index in [1.54, 1.807) is 18.2 Å². The molecule has 2 aromatic rings. The molecule has 5 heteroatoms. The van der Waals surface area contributed by atoms with E-state index in [-0.39, 0.29) is 6.04 Å². The van der Waals surface area contributed by atoms with Crippen molar-refractivity contribution in [3.8, 4) is 0 Å². The topological polar surface area (TPSA) is 68.3 Å². The lowest BCUT2D eigenvalue weighted by Gasteiger charge is -2.16. The van der Waals surface area contributed by atoms with Gasteiger partial charge in [-0.2, -0.15) is 0 Å². The molecule has 3 N–H and O–H groups in total. The van der Waals surface area contributed by atoms with E-state index < -0.39 is 5.91 Å². The number of aryl methyl sites for hydroxylation is 2. The maximum absolute atomic E-state index is 11.2. The molecule has 106 valence electrons. The third-order valence-corrected chi connectivity index (χ3v) is 3.50. The fourth-order valence-corrected chi connectivity index (χ4v) is 2.35. The van der Waals surface area contributed by atoms with Crippen molar-refractivity contribution in [2.75, 3.05) is 5.32 Å². The van der Waals surface area contributed by atoms with Gasteiger partial charge in [-0.25, -0.2) is 0 Å². The summed E-state index contributed by atoms with van der Waals surface area (Å²) >= 11 is 6.14. The van der Waals surface area contributed by atoms with Gasteiger partial charge in [0.1, 0.15) is 11.5 Å². The molecule has 1 unspecified atom stereocenters. The molecule has 2 rings (SSSR count). The lowest BCUT2D eigenvalue weighted by molar-refractivity contribution is 0.100. The molecule has 20 heavy (non-hydrogen) atoms. The van der Waals surface area contributed by atoms with Crippen LogP contribution in [0.3, 0.4) is 0 Å². The van der Waals surface area contributed by atoms with Gasteiger partial charge in [-0.15, -0.1) is 0 Å². The number of primary amides is 1. The molecule has 1 amide bonds. The molecule has 0 saturated heterocycles. The van der Waals surface area contributed by atoms with Crippen molar-refractivity contribution in [1.29, 1.82) is 0 Å². The minimum Gasteiger partial charge on any atom is -0.466 e. The SMILES string of the molecule is Cc1cc(C(C)Nc2cc(C(N)=O)ccc2Cl)c(C)o1.